The van der Waals surface area contributed by atoms with Crippen molar-refractivity contribution < 1.29 is 24.0 Å². The van der Waals surface area contributed by atoms with Gasteiger partial charge in [-0.25, -0.2) is 0 Å². The highest BCUT2D eigenvalue weighted by molar-refractivity contribution is 6.33. The molecule has 2 rings (SSSR count). The Labute approximate surface area is 198 Å². The second-order valence-corrected chi connectivity index (χ2v) is 9.76. The van der Waals surface area contributed by atoms with E-state index < -0.39 is 41.3 Å². The number of hydrogen-bond acceptors (Lipinski definition) is 6. The fourth-order valence-electron chi connectivity index (χ4n) is 3.72. The van der Waals surface area contributed by atoms with E-state index in [9.17, 15) is 24.0 Å². The van der Waals surface area contributed by atoms with Crippen LogP contribution in [0.25, 0.3) is 0 Å². The molecule has 1 aromatic rings. The van der Waals surface area contributed by atoms with Crippen molar-refractivity contribution in [2.45, 2.75) is 65.1 Å². The van der Waals surface area contributed by atoms with Gasteiger partial charge in [0, 0.05) is 18.5 Å². The number of aldehydes is 1. The van der Waals surface area contributed by atoms with Gasteiger partial charge in [-0.05, 0) is 43.4 Å². The Morgan fingerprint density at radius 2 is 1.91 bits per heavy atom. The van der Waals surface area contributed by atoms with Gasteiger partial charge in [-0.1, -0.05) is 32.4 Å². The number of nitrogens with one attached hydrogen (secondary N) is 2. The van der Waals surface area contributed by atoms with Crippen LogP contribution in [0.15, 0.2) is 18.2 Å². The minimum Gasteiger partial charge on any atom is -0.398 e. The largest absolute Gasteiger partial charge is 0.398 e. The molecule has 10 heteroatoms. The van der Waals surface area contributed by atoms with Crippen molar-refractivity contribution in [2.75, 3.05) is 12.3 Å². The number of nitrogens with zero attached hydrogens (tertiary/aromatic N) is 1. The lowest BCUT2D eigenvalue weighted by Gasteiger charge is -2.35. The highest BCUT2D eigenvalue weighted by Crippen LogP contribution is 2.27. The Kier molecular flexibility index (Phi) is 8.60. The monoisotopic (exact) mass is 478 g/mol. The number of carbonyl (C=O) groups is 5. The van der Waals surface area contributed by atoms with Crippen molar-refractivity contribution in [1.82, 2.24) is 15.5 Å². The number of benzene rings is 1. The van der Waals surface area contributed by atoms with Crippen molar-refractivity contribution in [2.24, 2.45) is 5.41 Å². The van der Waals surface area contributed by atoms with E-state index in [0.717, 1.165) is 0 Å². The summed E-state index contributed by atoms with van der Waals surface area (Å²) in [6.45, 7) is 7.11. The van der Waals surface area contributed by atoms with Gasteiger partial charge in [0.05, 0.1) is 16.8 Å². The SMILES string of the molecule is CC(=O)C[C@@H](C=O)NC(=O)[C@@H]1CCCN1C(=O)[C@@H](NC(=O)c1ccc(N)c(Cl)c1)C(C)(C)C. The molecular formula is C23H31ClN4O5. The van der Waals surface area contributed by atoms with E-state index in [0.29, 0.717) is 31.4 Å². The summed E-state index contributed by atoms with van der Waals surface area (Å²) >= 11 is 6.02. The Morgan fingerprint density at radius 3 is 2.45 bits per heavy atom. The molecule has 0 bridgehead atoms. The third-order valence-electron chi connectivity index (χ3n) is 5.49. The number of anilines is 1. The molecule has 0 spiro atoms. The van der Waals surface area contributed by atoms with Crippen LogP contribution in [0.5, 0.6) is 0 Å². The summed E-state index contributed by atoms with van der Waals surface area (Å²) in [5.41, 5.74) is 5.63. The van der Waals surface area contributed by atoms with Gasteiger partial charge in [-0.3, -0.25) is 19.2 Å². The van der Waals surface area contributed by atoms with Gasteiger partial charge in [0.2, 0.25) is 11.8 Å². The van der Waals surface area contributed by atoms with Gasteiger partial charge in [0.15, 0.2) is 0 Å². The average molecular weight is 479 g/mol. The Morgan fingerprint density at radius 1 is 1.24 bits per heavy atom. The maximum Gasteiger partial charge on any atom is 0.252 e. The van der Waals surface area contributed by atoms with Crippen LogP contribution in [-0.4, -0.2) is 59.4 Å². The maximum absolute atomic E-state index is 13.5. The number of nitrogens with two attached hydrogens (primary N) is 1. The number of ketones is 1. The fraction of sp³-hybridized carbons (Fsp3) is 0.522. The predicted molar refractivity (Wildman–Crippen MR) is 125 cm³/mol. The minimum absolute atomic E-state index is 0.110. The second-order valence-electron chi connectivity index (χ2n) is 9.36. The molecule has 3 atom stereocenters. The minimum atomic E-state index is -0.944. The van der Waals surface area contributed by atoms with Gasteiger partial charge in [0.1, 0.15) is 24.2 Å². The van der Waals surface area contributed by atoms with Crippen LogP contribution < -0.4 is 16.4 Å². The topological polar surface area (TPSA) is 139 Å². The van der Waals surface area contributed by atoms with E-state index in [1.54, 1.807) is 0 Å². The van der Waals surface area contributed by atoms with Crippen molar-refractivity contribution in [3.05, 3.63) is 28.8 Å². The second kappa shape index (κ2) is 10.8. The summed E-state index contributed by atoms with van der Waals surface area (Å²) in [6.07, 6.45) is 1.42. The zero-order chi connectivity index (χ0) is 24.9. The molecular weight excluding hydrogens is 448 g/mol. The lowest BCUT2D eigenvalue weighted by atomic mass is 9.85. The number of Topliss-reactive ketones (excluding diaryl/α,β-unsaturated/α-hetero) is 1. The van der Waals surface area contributed by atoms with Crippen LogP contribution in [0.2, 0.25) is 5.02 Å². The summed E-state index contributed by atoms with van der Waals surface area (Å²) in [7, 11) is 0. The van der Waals surface area contributed by atoms with Gasteiger partial charge < -0.3 is 26.1 Å². The third kappa shape index (κ3) is 6.77. The average Bonchev–Trinajstić information content (AvgIpc) is 3.21. The normalized spacial score (nSPS) is 17.7. The first kappa shape index (κ1) is 26.3. The van der Waals surface area contributed by atoms with E-state index in [1.165, 1.54) is 30.0 Å². The molecule has 4 N–H and O–H groups in total. The first-order valence-electron chi connectivity index (χ1n) is 10.8. The van der Waals surface area contributed by atoms with E-state index in [4.69, 9.17) is 17.3 Å². The smallest absolute Gasteiger partial charge is 0.252 e. The lowest BCUT2D eigenvalue weighted by Crippen LogP contribution is -2.58. The van der Waals surface area contributed by atoms with Crippen molar-refractivity contribution in [1.29, 1.82) is 0 Å². The van der Waals surface area contributed by atoms with Crippen LogP contribution in [0.1, 0.15) is 57.3 Å². The summed E-state index contributed by atoms with van der Waals surface area (Å²) in [6, 6.07) is 1.80. The molecule has 1 heterocycles. The Hall–Kier alpha value is -2.94. The van der Waals surface area contributed by atoms with E-state index >= 15 is 0 Å². The summed E-state index contributed by atoms with van der Waals surface area (Å²) in [4.78, 5) is 63.1. The van der Waals surface area contributed by atoms with Crippen LogP contribution in [0.3, 0.4) is 0 Å². The fourth-order valence-corrected chi connectivity index (χ4v) is 3.90. The lowest BCUT2D eigenvalue weighted by molar-refractivity contribution is -0.142. The highest BCUT2D eigenvalue weighted by Gasteiger charge is 2.42. The molecule has 9 nitrogen and oxygen atoms in total. The van der Waals surface area contributed by atoms with Gasteiger partial charge in [-0.2, -0.15) is 0 Å². The van der Waals surface area contributed by atoms with E-state index in [1.807, 2.05) is 20.8 Å². The molecule has 0 aliphatic carbocycles. The summed E-state index contributed by atoms with van der Waals surface area (Å²) in [5.74, 6) is -1.62. The number of rotatable bonds is 8. The molecule has 33 heavy (non-hydrogen) atoms. The molecule has 0 aromatic heterocycles. The van der Waals surface area contributed by atoms with Crippen LogP contribution in [0.4, 0.5) is 5.69 Å². The molecule has 1 saturated heterocycles. The first-order valence-corrected chi connectivity index (χ1v) is 11.1. The van der Waals surface area contributed by atoms with Crippen molar-refractivity contribution in [3.8, 4) is 0 Å². The predicted octanol–water partition coefficient (Wildman–Crippen LogP) is 1.72. The quantitative estimate of drug-likeness (QED) is 0.384. The van der Waals surface area contributed by atoms with Crippen molar-refractivity contribution >= 4 is 47.1 Å². The molecule has 0 radical (unpaired) electrons. The van der Waals surface area contributed by atoms with Gasteiger partial charge in [0.25, 0.3) is 5.91 Å². The molecule has 3 amide bonds. The Balaban J connectivity index is 2.20. The standard InChI is InChI=1S/C23H31ClN4O5/c1-13(30)10-15(12-29)26-21(32)18-6-5-9-28(18)22(33)19(23(2,3)4)27-20(31)14-7-8-17(25)16(24)11-14/h7-8,11-12,15,18-19H,5-6,9-10,25H2,1-4H3,(H,26,32)(H,27,31)/t15-,18-,19+/m0/s1. The number of amides is 3. The highest BCUT2D eigenvalue weighted by atomic mass is 35.5. The van der Waals surface area contributed by atoms with Crippen LogP contribution >= 0.6 is 11.6 Å². The maximum atomic E-state index is 13.5. The Bertz CT molecular complexity index is 943. The van der Waals surface area contributed by atoms with E-state index in [2.05, 4.69) is 10.6 Å². The van der Waals surface area contributed by atoms with Crippen LogP contribution in [0, 0.1) is 5.41 Å². The molecule has 180 valence electrons. The number of nitrogen functional groups attached to an aromatic ring is 1. The third-order valence-corrected chi connectivity index (χ3v) is 5.82. The summed E-state index contributed by atoms with van der Waals surface area (Å²) < 4.78 is 0. The van der Waals surface area contributed by atoms with Crippen molar-refractivity contribution in [3.63, 3.8) is 0 Å². The zero-order valence-electron chi connectivity index (χ0n) is 19.3. The van der Waals surface area contributed by atoms with Gasteiger partial charge >= 0.3 is 0 Å². The number of carbonyl (C=O) groups excluding carboxylic acids is 5. The molecule has 1 aliphatic heterocycles. The molecule has 1 aliphatic rings. The van der Waals surface area contributed by atoms with E-state index in [-0.39, 0.29) is 22.8 Å². The zero-order valence-corrected chi connectivity index (χ0v) is 20.1. The molecule has 0 unspecified atom stereocenters. The molecule has 1 fully saturated rings. The van der Waals surface area contributed by atoms with Gasteiger partial charge in [-0.15, -0.1) is 0 Å². The number of hydrogen-bond donors (Lipinski definition) is 3. The molecule has 1 aromatic carbocycles. The number of likely N-dealkylation sites (tertiary alicyclic amines) is 1. The summed E-state index contributed by atoms with van der Waals surface area (Å²) in [5, 5.41) is 5.55. The van der Waals surface area contributed by atoms with Crippen LogP contribution in [-0.2, 0) is 19.2 Å². The molecule has 0 saturated carbocycles. The number of halogens is 1. The first-order chi connectivity index (χ1) is 15.3.